The second-order valence-electron chi connectivity index (χ2n) is 6.10. The Morgan fingerprint density at radius 2 is 1.81 bits per heavy atom. The van der Waals surface area contributed by atoms with Crippen LogP contribution in [0.4, 0.5) is 10.5 Å². The molecule has 0 spiro atoms. The third kappa shape index (κ3) is 4.21. The van der Waals surface area contributed by atoms with Crippen LogP contribution in [0.25, 0.3) is 6.08 Å². The first-order valence-electron chi connectivity index (χ1n) is 8.11. The maximum Gasteiger partial charge on any atom is 0.294 e. The van der Waals surface area contributed by atoms with Gasteiger partial charge in [0, 0.05) is 5.69 Å². The van der Waals surface area contributed by atoms with Gasteiger partial charge in [0.05, 0.1) is 4.91 Å². The molecule has 1 N–H and O–H groups in total. The lowest BCUT2D eigenvalue weighted by molar-refractivity contribution is -0.127. The average Bonchev–Trinajstić information content (AvgIpc) is 2.84. The summed E-state index contributed by atoms with van der Waals surface area (Å²) in [6.45, 7) is 3.59. The summed E-state index contributed by atoms with van der Waals surface area (Å²) >= 11 is 0.850. The van der Waals surface area contributed by atoms with Gasteiger partial charge < -0.3 is 5.32 Å². The fourth-order valence-electron chi connectivity index (χ4n) is 2.52. The topological polar surface area (TPSA) is 66.5 Å². The Balaban J connectivity index is 1.69. The molecular weight excluding hydrogens is 348 g/mol. The Hall–Kier alpha value is -2.86. The van der Waals surface area contributed by atoms with Crippen LogP contribution in [-0.4, -0.2) is 28.5 Å². The molecule has 132 valence electrons. The third-order valence-electron chi connectivity index (χ3n) is 3.85. The zero-order valence-electron chi connectivity index (χ0n) is 14.5. The Kier molecular flexibility index (Phi) is 5.23. The predicted molar refractivity (Wildman–Crippen MR) is 104 cm³/mol. The number of hydrogen-bond donors (Lipinski definition) is 1. The minimum absolute atomic E-state index is 0.302. The van der Waals surface area contributed by atoms with Gasteiger partial charge in [0.15, 0.2) is 0 Å². The number of nitrogens with one attached hydrogen (secondary N) is 1. The van der Waals surface area contributed by atoms with E-state index in [2.05, 4.69) is 5.32 Å². The summed E-state index contributed by atoms with van der Waals surface area (Å²) in [7, 11) is 0. The maximum atomic E-state index is 12.5. The monoisotopic (exact) mass is 366 g/mol. The van der Waals surface area contributed by atoms with Crippen molar-refractivity contribution in [1.29, 1.82) is 0 Å². The maximum absolute atomic E-state index is 12.5. The van der Waals surface area contributed by atoms with Gasteiger partial charge in [-0.3, -0.25) is 19.3 Å². The molecule has 0 aromatic heterocycles. The molecule has 1 aliphatic rings. The highest BCUT2D eigenvalue weighted by molar-refractivity contribution is 8.18. The number of amides is 3. The molecule has 26 heavy (non-hydrogen) atoms. The molecule has 5 nitrogen and oxygen atoms in total. The van der Waals surface area contributed by atoms with Crippen molar-refractivity contribution in [3.05, 3.63) is 70.1 Å². The lowest BCUT2D eigenvalue weighted by Gasteiger charge is -2.12. The molecule has 0 unspecified atom stereocenters. The van der Waals surface area contributed by atoms with Gasteiger partial charge in [0.2, 0.25) is 5.91 Å². The molecule has 0 aliphatic carbocycles. The van der Waals surface area contributed by atoms with Crippen LogP contribution in [0.1, 0.15) is 16.7 Å². The lowest BCUT2D eigenvalue weighted by Crippen LogP contribution is -2.36. The van der Waals surface area contributed by atoms with Gasteiger partial charge in [-0.2, -0.15) is 0 Å². The fourth-order valence-corrected chi connectivity index (χ4v) is 3.36. The van der Waals surface area contributed by atoms with E-state index in [9.17, 15) is 14.4 Å². The number of anilines is 1. The number of nitrogens with zero attached hydrogens (tertiary/aromatic N) is 1. The number of rotatable bonds is 4. The van der Waals surface area contributed by atoms with E-state index in [1.807, 2.05) is 56.3 Å². The average molecular weight is 366 g/mol. The predicted octanol–water partition coefficient (Wildman–Crippen LogP) is 3.98. The van der Waals surface area contributed by atoms with Crippen LogP contribution in [0.15, 0.2) is 53.4 Å². The van der Waals surface area contributed by atoms with E-state index >= 15 is 0 Å². The van der Waals surface area contributed by atoms with Crippen LogP contribution in [0.5, 0.6) is 0 Å². The highest BCUT2D eigenvalue weighted by Gasteiger charge is 2.36. The molecule has 0 saturated carbocycles. The molecule has 1 heterocycles. The van der Waals surface area contributed by atoms with E-state index in [0.717, 1.165) is 33.4 Å². The Morgan fingerprint density at radius 3 is 2.50 bits per heavy atom. The van der Waals surface area contributed by atoms with Crippen molar-refractivity contribution in [2.45, 2.75) is 13.8 Å². The SMILES string of the molecule is Cc1ccc(/C=C2\SC(=O)N(CC(=O)Nc3cccc(C)c3)C2=O)cc1. The highest BCUT2D eigenvalue weighted by Crippen LogP contribution is 2.32. The largest absolute Gasteiger partial charge is 0.325 e. The number of hydrogen-bond acceptors (Lipinski definition) is 4. The van der Waals surface area contributed by atoms with E-state index in [-0.39, 0.29) is 6.54 Å². The third-order valence-corrected chi connectivity index (χ3v) is 4.76. The zero-order chi connectivity index (χ0) is 18.7. The van der Waals surface area contributed by atoms with Crippen LogP contribution in [0.2, 0.25) is 0 Å². The van der Waals surface area contributed by atoms with E-state index in [0.29, 0.717) is 10.6 Å². The van der Waals surface area contributed by atoms with Crippen LogP contribution in [-0.2, 0) is 9.59 Å². The summed E-state index contributed by atoms with van der Waals surface area (Å²) in [5.41, 5.74) is 3.60. The van der Waals surface area contributed by atoms with Gasteiger partial charge in [0.1, 0.15) is 6.54 Å². The first-order valence-corrected chi connectivity index (χ1v) is 8.92. The van der Waals surface area contributed by atoms with Crippen molar-refractivity contribution in [3.63, 3.8) is 0 Å². The van der Waals surface area contributed by atoms with E-state index in [1.165, 1.54) is 0 Å². The smallest absolute Gasteiger partial charge is 0.294 e. The highest BCUT2D eigenvalue weighted by atomic mass is 32.2. The number of carbonyl (C=O) groups excluding carboxylic acids is 3. The van der Waals surface area contributed by atoms with Crippen molar-refractivity contribution in [1.82, 2.24) is 4.90 Å². The minimum atomic E-state index is -0.444. The van der Waals surface area contributed by atoms with Crippen LogP contribution in [0, 0.1) is 13.8 Å². The molecule has 1 saturated heterocycles. The van der Waals surface area contributed by atoms with Crippen LogP contribution < -0.4 is 5.32 Å². The molecule has 0 bridgehead atoms. The first-order chi connectivity index (χ1) is 12.4. The summed E-state index contributed by atoms with van der Waals surface area (Å²) in [6, 6.07) is 15.0. The summed E-state index contributed by atoms with van der Waals surface area (Å²) in [5.74, 6) is -0.852. The van der Waals surface area contributed by atoms with Gasteiger partial charge in [0.25, 0.3) is 11.1 Å². The number of thioether (sulfide) groups is 1. The van der Waals surface area contributed by atoms with Gasteiger partial charge in [-0.15, -0.1) is 0 Å². The summed E-state index contributed by atoms with van der Waals surface area (Å²) in [5, 5.41) is 2.27. The van der Waals surface area contributed by atoms with Crippen LogP contribution in [0.3, 0.4) is 0 Å². The normalized spacial score (nSPS) is 15.6. The van der Waals surface area contributed by atoms with E-state index < -0.39 is 17.1 Å². The van der Waals surface area contributed by atoms with Crippen molar-refractivity contribution < 1.29 is 14.4 Å². The van der Waals surface area contributed by atoms with Crippen molar-refractivity contribution >= 4 is 40.6 Å². The second kappa shape index (κ2) is 7.58. The summed E-state index contributed by atoms with van der Waals surface area (Å²) in [6.07, 6.45) is 1.67. The zero-order valence-corrected chi connectivity index (χ0v) is 15.3. The molecule has 2 aromatic rings. The Labute approximate surface area is 156 Å². The fraction of sp³-hybridized carbons (Fsp3) is 0.150. The van der Waals surface area contributed by atoms with E-state index in [4.69, 9.17) is 0 Å². The molecule has 1 aliphatic heterocycles. The molecule has 0 radical (unpaired) electrons. The van der Waals surface area contributed by atoms with Crippen molar-refractivity contribution in [2.24, 2.45) is 0 Å². The number of benzene rings is 2. The van der Waals surface area contributed by atoms with Crippen LogP contribution >= 0.6 is 11.8 Å². The standard InChI is InChI=1S/C20H18N2O3S/c1-13-6-8-15(9-7-13)11-17-19(24)22(20(25)26-17)12-18(23)21-16-5-3-4-14(2)10-16/h3-11H,12H2,1-2H3,(H,21,23)/b17-11-. The quantitative estimate of drug-likeness (QED) is 0.831. The lowest BCUT2D eigenvalue weighted by atomic mass is 10.1. The first kappa shape index (κ1) is 17.9. The van der Waals surface area contributed by atoms with E-state index in [1.54, 1.807) is 12.1 Å². The van der Waals surface area contributed by atoms with Crippen molar-refractivity contribution in [2.75, 3.05) is 11.9 Å². The second-order valence-corrected chi connectivity index (χ2v) is 7.09. The minimum Gasteiger partial charge on any atom is -0.325 e. The molecule has 6 heteroatoms. The van der Waals surface area contributed by atoms with Gasteiger partial charge in [-0.05, 0) is 54.9 Å². The molecule has 3 rings (SSSR count). The molecular formula is C20H18N2O3S. The number of carbonyl (C=O) groups is 3. The Bertz CT molecular complexity index is 904. The molecule has 3 amide bonds. The van der Waals surface area contributed by atoms with Gasteiger partial charge in [-0.25, -0.2) is 0 Å². The molecule has 1 fully saturated rings. The molecule has 0 atom stereocenters. The summed E-state index contributed by atoms with van der Waals surface area (Å²) in [4.78, 5) is 38.1. The summed E-state index contributed by atoms with van der Waals surface area (Å²) < 4.78 is 0. The van der Waals surface area contributed by atoms with Gasteiger partial charge in [-0.1, -0.05) is 42.0 Å². The number of aryl methyl sites for hydroxylation is 2. The number of imide groups is 1. The van der Waals surface area contributed by atoms with Gasteiger partial charge >= 0.3 is 0 Å². The van der Waals surface area contributed by atoms with Crippen molar-refractivity contribution in [3.8, 4) is 0 Å². The molecule has 2 aromatic carbocycles. The Morgan fingerprint density at radius 1 is 1.08 bits per heavy atom.